The molecular formula is C12H13FN2O2. The average molecular weight is 236 g/mol. The van der Waals surface area contributed by atoms with Gasteiger partial charge in [0.1, 0.15) is 0 Å². The largest absolute Gasteiger partial charge is 0.476 e. The van der Waals surface area contributed by atoms with Crippen molar-refractivity contribution in [2.24, 2.45) is 0 Å². The molecule has 0 bridgehead atoms. The third-order valence-corrected chi connectivity index (χ3v) is 2.61. The van der Waals surface area contributed by atoms with Crippen LogP contribution in [0.25, 0.3) is 10.9 Å². The van der Waals surface area contributed by atoms with Crippen LogP contribution in [-0.4, -0.2) is 27.5 Å². The summed E-state index contributed by atoms with van der Waals surface area (Å²) in [7, 11) is 0. The summed E-state index contributed by atoms with van der Waals surface area (Å²) in [6.45, 7) is 0.183. The summed E-state index contributed by atoms with van der Waals surface area (Å²) >= 11 is 0. The van der Waals surface area contributed by atoms with Crippen LogP contribution in [0.15, 0.2) is 24.3 Å². The third kappa shape index (κ3) is 2.27. The van der Waals surface area contributed by atoms with Crippen LogP contribution in [0.2, 0.25) is 0 Å². The van der Waals surface area contributed by atoms with E-state index in [2.05, 4.69) is 5.10 Å². The minimum Gasteiger partial charge on any atom is -0.476 e. The van der Waals surface area contributed by atoms with Crippen molar-refractivity contribution in [2.75, 3.05) is 6.67 Å². The molecule has 0 unspecified atom stereocenters. The van der Waals surface area contributed by atoms with Crippen molar-refractivity contribution in [3.8, 4) is 0 Å². The van der Waals surface area contributed by atoms with Gasteiger partial charge in [-0.15, -0.1) is 0 Å². The highest BCUT2D eigenvalue weighted by atomic mass is 19.1. The van der Waals surface area contributed by atoms with Crippen LogP contribution < -0.4 is 0 Å². The van der Waals surface area contributed by atoms with Crippen molar-refractivity contribution in [1.82, 2.24) is 9.78 Å². The second-order valence-electron chi connectivity index (χ2n) is 3.79. The number of hydrogen-bond donors (Lipinski definition) is 1. The number of carboxylic acids is 1. The van der Waals surface area contributed by atoms with Gasteiger partial charge in [0.25, 0.3) is 0 Å². The zero-order valence-electron chi connectivity index (χ0n) is 9.27. The number of carbonyl (C=O) groups is 1. The van der Waals surface area contributed by atoms with Gasteiger partial charge in [-0.2, -0.15) is 5.10 Å². The lowest BCUT2D eigenvalue weighted by atomic mass is 10.2. The van der Waals surface area contributed by atoms with Crippen molar-refractivity contribution < 1.29 is 14.3 Å². The number of aryl methyl sites for hydroxylation is 1. The molecule has 0 aliphatic rings. The molecule has 17 heavy (non-hydrogen) atoms. The van der Waals surface area contributed by atoms with Crippen LogP contribution in [0, 0.1) is 0 Å². The first-order chi connectivity index (χ1) is 8.24. The molecule has 2 rings (SSSR count). The summed E-state index contributed by atoms with van der Waals surface area (Å²) in [5.41, 5.74) is 0.838. The smallest absolute Gasteiger partial charge is 0.357 e. The molecule has 90 valence electrons. The molecule has 0 spiro atoms. The fourth-order valence-electron chi connectivity index (χ4n) is 1.81. The lowest BCUT2D eigenvalue weighted by Crippen LogP contribution is -2.03. The number of para-hydroxylation sites is 1. The summed E-state index contributed by atoms with van der Waals surface area (Å²) in [6.07, 6.45) is 1.12. The molecule has 0 atom stereocenters. The Labute approximate surface area is 97.7 Å². The number of halogens is 1. The molecule has 0 amide bonds. The number of unbranched alkanes of at least 4 members (excludes halogenated alkanes) is 1. The predicted molar refractivity (Wildman–Crippen MR) is 61.9 cm³/mol. The topological polar surface area (TPSA) is 55.1 Å². The van der Waals surface area contributed by atoms with Gasteiger partial charge in [-0.1, -0.05) is 18.2 Å². The molecule has 1 aromatic heterocycles. The average Bonchev–Trinajstić information content (AvgIpc) is 2.69. The molecule has 5 heteroatoms. The van der Waals surface area contributed by atoms with E-state index >= 15 is 0 Å². The molecule has 4 nitrogen and oxygen atoms in total. The standard InChI is InChI=1S/C12H13FN2O2/c13-7-3-4-8-15-10-6-2-1-5-9(10)11(14-15)12(16)17/h1-2,5-6H,3-4,7-8H2,(H,16,17). The van der Waals surface area contributed by atoms with E-state index < -0.39 is 5.97 Å². The summed E-state index contributed by atoms with van der Waals surface area (Å²) < 4.78 is 13.7. The van der Waals surface area contributed by atoms with Crippen molar-refractivity contribution in [2.45, 2.75) is 19.4 Å². The zero-order valence-corrected chi connectivity index (χ0v) is 9.27. The summed E-state index contributed by atoms with van der Waals surface area (Å²) in [5, 5.41) is 13.7. The van der Waals surface area contributed by atoms with E-state index in [1.807, 2.05) is 12.1 Å². The van der Waals surface area contributed by atoms with E-state index in [1.54, 1.807) is 16.8 Å². The molecule has 1 N–H and O–H groups in total. The van der Waals surface area contributed by atoms with Crippen LogP contribution in [0.4, 0.5) is 4.39 Å². The molecule has 0 saturated heterocycles. The van der Waals surface area contributed by atoms with E-state index in [4.69, 9.17) is 5.11 Å². The van der Waals surface area contributed by atoms with Gasteiger partial charge in [-0.3, -0.25) is 9.07 Å². The number of fused-ring (bicyclic) bond motifs is 1. The van der Waals surface area contributed by atoms with Gasteiger partial charge in [0.15, 0.2) is 5.69 Å². The van der Waals surface area contributed by atoms with Gasteiger partial charge in [-0.25, -0.2) is 4.79 Å². The minimum atomic E-state index is -1.04. The maximum atomic E-state index is 12.0. The van der Waals surface area contributed by atoms with Gasteiger partial charge in [-0.05, 0) is 18.9 Å². The fraction of sp³-hybridized carbons (Fsp3) is 0.333. The third-order valence-electron chi connectivity index (χ3n) is 2.61. The normalized spacial score (nSPS) is 10.9. The summed E-state index contributed by atoms with van der Waals surface area (Å²) in [4.78, 5) is 11.0. The van der Waals surface area contributed by atoms with Crippen LogP contribution in [-0.2, 0) is 6.54 Å². The highest BCUT2D eigenvalue weighted by Gasteiger charge is 2.15. The number of aromatic nitrogens is 2. The molecule has 1 heterocycles. The summed E-state index contributed by atoms with van der Waals surface area (Å²) in [6, 6.07) is 7.17. The fourth-order valence-corrected chi connectivity index (χ4v) is 1.81. The van der Waals surface area contributed by atoms with Crippen molar-refractivity contribution >= 4 is 16.9 Å². The van der Waals surface area contributed by atoms with Crippen LogP contribution in [0.3, 0.4) is 0 Å². The number of carboxylic acid groups (broad SMARTS) is 1. The van der Waals surface area contributed by atoms with E-state index in [0.717, 1.165) is 5.52 Å². The van der Waals surface area contributed by atoms with Crippen LogP contribution in [0.1, 0.15) is 23.3 Å². The second-order valence-corrected chi connectivity index (χ2v) is 3.79. The second kappa shape index (κ2) is 4.95. The zero-order chi connectivity index (χ0) is 12.3. The number of nitrogens with zero attached hydrogens (tertiary/aromatic N) is 2. The first kappa shape index (κ1) is 11.6. The van der Waals surface area contributed by atoms with Crippen LogP contribution >= 0.6 is 0 Å². The Morgan fingerprint density at radius 2 is 2.12 bits per heavy atom. The predicted octanol–water partition coefficient (Wildman–Crippen LogP) is 2.48. The van der Waals surface area contributed by atoms with E-state index in [-0.39, 0.29) is 12.4 Å². The van der Waals surface area contributed by atoms with Crippen molar-refractivity contribution in [3.05, 3.63) is 30.0 Å². The lowest BCUT2D eigenvalue weighted by Gasteiger charge is -2.01. The number of hydrogen-bond acceptors (Lipinski definition) is 2. The first-order valence-electron chi connectivity index (χ1n) is 5.49. The molecular weight excluding hydrogens is 223 g/mol. The SMILES string of the molecule is O=C(O)c1nn(CCCCF)c2ccccc12. The van der Waals surface area contributed by atoms with Gasteiger partial charge < -0.3 is 5.11 Å². The lowest BCUT2D eigenvalue weighted by molar-refractivity contribution is 0.0691. The highest BCUT2D eigenvalue weighted by molar-refractivity contribution is 6.01. The molecule has 0 fully saturated rings. The molecule has 0 radical (unpaired) electrons. The maximum Gasteiger partial charge on any atom is 0.357 e. The Hall–Kier alpha value is -1.91. The summed E-state index contributed by atoms with van der Waals surface area (Å²) in [5.74, 6) is -1.04. The Kier molecular flexibility index (Phi) is 3.37. The quantitative estimate of drug-likeness (QED) is 0.811. The molecule has 2 aromatic rings. The van der Waals surface area contributed by atoms with Gasteiger partial charge in [0.2, 0.25) is 0 Å². The van der Waals surface area contributed by atoms with E-state index in [1.165, 1.54) is 0 Å². The Bertz CT molecular complexity index is 536. The first-order valence-corrected chi connectivity index (χ1v) is 5.49. The Morgan fingerprint density at radius 1 is 1.35 bits per heavy atom. The minimum absolute atomic E-state index is 0.0563. The Morgan fingerprint density at radius 3 is 2.82 bits per heavy atom. The van der Waals surface area contributed by atoms with Gasteiger partial charge >= 0.3 is 5.97 Å². The van der Waals surface area contributed by atoms with Crippen LogP contribution in [0.5, 0.6) is 0 Å². The Balaban J connectivity index is 2.38. The monoisotopic (exact) mass is 236 g/mol. The maximum absolute atomic E-state index is 12.0. The molecule has 0 aliphatic heterocycles. The molecule has 0 saturated carbocycles. The van der Waals surface area contributed by atoms with Crippen molar-refractivity contribution in [3.63, 3.8) is 0 Å². The van der Waals surface area contributed by atoms with Gasteiger partial charge in [0.05, 0.1) is 12.2 Å². The number of benzene rings is 1. The van der Waals surface area contributed by atoms with E-state index in [9.17, 15) is 9.18 Å². The number of aromatic carboxylic acids is 1. The highest BCUT2D eigenvalue weighted by Crippen LogP contribution is 2.18. The van der Waals surface area contributed by atoms with E-state index in [0.29, 0.717) is 24.8 Å². The molecule has 0 aliphatic carbocycles. The van der Waals surface area contributed by atoms with Gasteiger partial charge in [0, 0.05) is 11.9 Å². The molecule has 1 aromatic carbocycles. The number of alkyl halides is 1. The number of rotatable bonds is 5. The van der Waals surface area contributed by atoms with Crippen molar-refractivity contribution in [1.29, 1.82) is 0 Å².